The van der Waals surface area contributed by atoms with Gasteiger partial charge in [0, 0.05) is 22.8 Å². The number of aliphatic carboxylic acids is 1. The van der Waals surface area contributed by atoms with E-state index in [0.717, 1.165) is 0 Å². The topological polar surface area (TPSA) is 69.9 Å². The highest BCUT2D eigenvalue weighted by molar-refractivity contribution is 8.14. The van der Waals surface area contributed by atoms with Crippen molar-refractivity contribution in [1.29, 1.82) is 0 Å². The van der Waals surface area contributed by atoms with Crippen LogP contribution in [-0.2, 0) is 11.2 Å². The predicted molar refractivity (Wildman–Crippen MR) is 77.9 cm³/mol. The minimum atomic E-state index is -0.938. The second-order valence-corrected chi connectivity index (χ2v) is 6.05. The molecule has 1 atom stereocenters. The number of carbonyl (C=O) groups is 1. The van der Waals surface area contributed by atoms with Crippen molar-refractivity contribution in [3.05, 3.63) is 27.2 Å². The van der Waals surface area contributed by atoms with Gasteiger partial charge in [-0.1, -0.05) is 23.2 Å². The molecule has 0 spiro atoms. The number of hydrogen-bond donors (Lipinski definition) is 2. The van der Waals surface area contributed by atoms with Gasteiger partial charge in [-0.05, 0) is 18.6 Å². The van der Waals surface area contributed by atoms with Crippen LogP contribution in [0.15, 0.2) is 11.1 Å². The Morgan fingerprint density at radius 3 is 2.84 bits per heavy atom. The molecule has 102 valence electrons. The summed E-state index contributed by atoms with van der Waals surface area (Å²) in [5, 5.41) is 20.2. The van der Waals surface area contributed by atoms with Gasteiger partial charge in [0.05, 0.1) is 10.1 Å². The summed E-state index contributed by atoms with van der Waals surface area (Å²) in [5.41, 5.74) is 1.17. The molecular formula is C12H11Cl2NO3S. The molecular weight excluding hydrogens is 309 g/mol. The first-order valence-electron chi connectivity index (χ1n) is 5.49. The lowest BCUT2D eigenvalue weighted by molar-refractivity contribution is -0.137. The highest BCUT2D eigenvalue weighted by Gasteiger charge is 2.25. The predicted octanol–water partition coefficient (Wildman–Crippen LogP) is 3.15. The lowest BCUT2D eigenvalue weighted by Gasteiger charge is -2.10. The fourth-order valence-electron chi connectivity index (χ4n) is 1.70. The van der Waals surface area contributed by atoms with Crippen LogP contribution in [0.5, 0.6) is 5.75 Å². The lowest BCUT2D eigenvalue weighted by Crippen LogP contribution is -2.17. The zero-order valence-corrected chi connectivity index (χ0v) is 12.3. The van der Waals surface area contributed by atoms with Gasteiger partial charge >= 0.3 is 5.97 Å². The van der Waals surface area contributed by atoms with Crippen molar-refractivity contribution in [1.82, 2.24) is 0 Å². The molecule has 4 nitrogen and oxygen atoms in total. The fourth-order valence-corrected chi connectivity index (χ4v) is 3.22. The maximum atomic E-state index is 10.8. The van der Waals surface area contributed by atoms with E-state index in [0.29, 0.717) is 33.4 Å². The number of aliphatic imine (C=N–C) groups is 1. The number of benzene rings is 1. The summed E-state index contributed by atoms with van der Waals surface area (Å²) in [4.78, 5) is 14.9. The Morgan fingerprint density at radius 2 is 2.26 bits per heavy atom. The van der Waals surface area contributed by atoms with Crippen LogP contribution < -0.4 is 0 Å². The number of phenols is 1. The molecule has 0 radical (unpaired) electrons. The van der Waals surface area contributed by atoms with Crippen LogP contribution in [0.3, 0.4) is 0 Å². The SMILES string of the molecule is Cc1c(Cl)cc(CC2=N[C@H](C(=O)O)CS2)c(O)c1Cl. The molecule has 2 N–H and O–H groups in total. The third-order valence-corrected chi connectivity index (χ3v) is 4.76. The first-order chi connectivity index (χ1) is 8.90. The summed E-state index contributed by atoms with van der Waals surface area (Å²) in [6.07, 6.45) is 0.333. The van der Waals surface area contributed by atoms with Crippen LogP contribution in [0.2, 0.25) is 10.0 Å². The molecule has 19 heavy (non-hydrogen) atoms. The molecule has 0 aromatic heterocycles. The smallest absolute Gasteiger partial charge is 0.329 e. The molecule has 0 unspecified atom stereocenters. The van der Waals surface area contributed by atoms with Crippen LogP contribution in [0, 0.1) is 6.92 Å². The second-order valence-electron chi connectivity index (χ2n) is 4.17. The Hall–Kier alpha value is -0.910. The summed E-state index contributed by atoms with van der Waals surface area (Å²) >= 11 is 13.4. The molecule has 0 aliphatic carbocycles. The normalized spacial score (nSPS) is 18.5. The molecule has 1 aliphatic heterocycles. The summed E-state index contributed by atoms with van der Waals surface area (Å²) in [7, 11) is 0. The average Bonchev–Trinajstić information content (AvgIpc) is 2.82. The van der Waals surface area contributed by atoms with Crippen LogP contribution in [-0.4, -0.2) is 33.0 Å². The van der Waals surface area contributed by atoms with E-state index >= 15 is 0 Å². The first kappa shape index (κ1) is 14.5. The Bertz CT molecular complexity index is 575. The van der Waals surface area contributed by atoms with Gasteiger partial charge in [-0.3, -0.25) is 4.99 Å². The minimum Gasteiger partial charge on any atom is -0.506 e. The van der Waals surface area contributed by atoms with Crippen molar-refractivity contribution >= 4 is 46.0 Å². The third-order valence-electron chi connectivity index (χ3n) is 2.83. The number of carboxylic acids is 1. The monoisotopic (exact) mass is 319 g/mol. The van der Waals surface area contributed by atoms with Gasteiger partial charge in [0.25, 0.3) is 0 Å². The molecule has 1 aromatic rings. The van der Waals surface area contributed by atoms with Crippen LogP contribution >= 0.6 is 35.0 Å². The van der Waals surface area contributed by atoms with Gasteiger partial charge in [-0.2, -0.15) is 0 Å². The van der Waals surface area contributed by atoms with Gasteiger partial charge in [0.1, 0.15) is 5.75 Å². The maximum Gasteiger partial charge on any atom is 0.329 e. The van der Waals surface area contributed by atoms with Gasteiger partial charge in [-0.15, -0.1) is 11.8 Å². The van der Waals surface area contributed by atoms with Gasteiger partial charge in [0.2, 0.25) is 0 Å². The van der Waals surface area contributed by atoms with Crippen molar-refractivity contribution in [2.24, 2.45) is 4.99 Å². The largest absolute Gasteiger partial charge is 0.506 e. The summed E-state index contributed by atoms with van der Waals surface area (Å²) < 4.78 is 0. The van der Waals surface area contributed by atoms with Crippen LogP contribution in [0.1, 0.15) is 11.1 Å². The molecule has 1 aromatic carbocycles. The number of phenolic OH excluding ortho intramolecular Hbond substituents is 1. The Morgan fingerprint density at radius 1 is 1.58 bits per heavy atom. The number of nitrogens with zero attached hydrogens (tertiary/aromatic N) is 1. The van der Waals surface area contributed by atoms with Crippen molar-refractivity contribution < 1.29 is 15.0 Å². The number of aromatic hydroxyl groups is 1. The van der Waals surface area contributed by atoms with Gasteiger partial charge in [0.15, 0.2) is 6.04 Å². The summed E-state index contributed by atoms with van der Waals surface area (Å²) in [6, 6.07) is 0.925. The molecule has 7 heteroatoms. The zero-order valence-electron chi connectivity index (χ0n) is 9.98. The standard InChI is InChI=1S/C12H11Cl2NO3S/c1-5-7(13)2-6(11(16)10(5)14)3-9-15-8(4-19-9)12(17)18/h2,8,16H,3-4H2,1H3,(H,17,18)/t8-/m0/s1. The fraction of sp³-hybridized carbons (Fsp3) is 0.333. The van der Waals surface area contributed by atoms with E-state index in [1.165, 1.54) is 11.8 Å². The quantitative estimate of drug-likeness (QED) is 0.897. The number of halogens is 2. The van der Waals surface area contributed by atoms with E-state index in [-0.39, 0.29) is 10.8 Å². The molecule has 0 fully saturated rings. The van der Waals surface area contributed by atoms with E-state index in [9.17, 15) is 9.90 Å². The maximum absolute atomic E-state index is 10.8. The second kappa shape index (κ2) is 5.61. The summed E-state index contributed by atoms with van der Waals surface area (Å²) in [5.74, 6) is -0.545. The van der Waals surface area contributed by atoms with Gasteiger partial charge in [-0.25, -0.2) is 4.79 Å². The molecule has 0 amide bonds. The van der Waals surface area contributed by atoms with Crippen molar-refractivity contribution in [2.45, 2.75) is 19.4 Å². The van der Waals surface area contributed by atoms with E-state index in [4.69, 9.17) is 28.3 Å². The Kier molecular flexibility index (Phi) is 4.28. The van der Waals surface area contributed by atoms with Crippen molar-refractivity contribution in [3.63, 3.8) is 0 Å². The minimum absolute atomic E-state index is 0.0226. The van der Waals surface area contributed by atoms with Gasteiger partial charge < -0.3 is 10.2 Å². The van der Waals surface area contributed by atoms with E-state index in [1.54, 1.807) is 13.0 Å². The first-order valence-corrected chi connectivity index (χ1v) is 7.23. The van der Waals surface area contributed by atoms with Crippen molar-refractivity contribution in [3.8, 4) is 5.75 Å². The number of thioether (sulfide) groups is 1. The summed E-state index contributed by atoms with van der Waals surface area (Å²) in [6.45, 7) is 1.72. The Balaban J connectivity index is 2.26. The number of carboxylic acid groups (broad SMARTS) is 1. The highest BCUT2D eigenvalue weighted by atomic mass is 35.5. The molecule has 1 heterocycles. The molecule has 0 saturated heterocycles. The number of hydrogen-bond acceptors (Lipinski definition) is 4. The van der Waals surface area contributed by atoms with Crippen LogP contribution in [0.25, 0.3) is 0 Å². The third kappa shape index (κ3) is 2.99. The molecule has 0 bridgehead atoms. The van der Waals surface area contributed by atoms with E-state index in [1.807, 2.05) is 0 Å². The lowest BCUT2D eigenvalue weighted by atomic mass is 10.1. The highest BCUT2D eigenvalue weighted by Crippen LogP contribution is 2.37. The van der Waals surface area contributed by atoms with E-state index in [2.05, 4.69) is 4.99 Å². The Labute approximate surface area is 124 Å². The zero-order chi connectivity index (χ0) is 14.2. The molecule has 2 rings (SSSR count). The van der Waals surface area contributed by atoms with E-state index < -0.39 is 12.0 Å². The van der Waals surface area contributed by atoms with Crippen molar-refractivity contribution in [2.75, 3.05) is 5.75 Å². The molecule has 0 saturated carbocycles. The average molecular weight is 320 g/mol. The number of rotatable bonds is 3. The van der Waals surface area contributed by atoms with Crippen LogP contribution in [0.4, 0.5) is 0 Å². The molecule has 1 aliphatic rings.